The summed E-state index contributed by atoms with van der Waals surface area (Å²) in [4.78, 5) is 16.0. The molecule has 19 heavy (non-hydrogen) atoms. The van der Waals surface area contributed by atoms with Crippen molar-refractivity contribution < 1.29 is 14.6 Å². The van der Waals surface area contributed by atoms with E-state index in [4.69, 9.17) is 4.74 Å². The van der Waals surface area contributed by atoms with Crippen molar-refractivity contribution in [3.05, 3.63) is 24.3 Å². The van der Waals surface area contributed by atoms with Gasteiger partial charge in [-0.05, 0) is 31.3 Å². The molecule has 1 aromatic carbocycles. The number of carbonyl (C=O) groups excluding carboxylic acids is 1. The molecule has 1 atom stereocenters. The van der Waals surface area contributed by atoms with Gasteiger partial charge in [0, 0.05) is 38.2 Å². The lowest BCUT2D eigenvalue weighted by Crippen LogP contribution is -2.50. The van der Waals surface area contributed by atoms with Crippen LogP contribution >= 0.6 is 0 Å². The molecule has 0 aromatic heterocycles. The second-order valence-electron chi connectivity index (χ2n) is 5.46. The first-order valence-corrected chi connectivity index (χ1v) is 6.56. The van der Waals surface area contributed by atoms with Gasteiger partial charge in [-0.3, -0.25) is 4.90 Å². The van der Waals surface area contributed by atoms with E-state index in [2.05, 4.69) is 11.9 Å². The topological polar surface area (TPSA) is 53.0 Å². The molecular formula is C14H18N2O3. The van der Waals surface area contributed by atoms with Crippen molar-refractivity contribution in [3.8, 4) is 5.75 Å². The minimum Gasteiger partial charge on any atom is -0.508 e. The van der Waals surface area contributed by atoms with E-state index in [0.29, 0.717) is 6.54 Å². The highest BCUT2D eigenvalue weighted by Gasteiger charge is 2.45. The molecule has 1 aromatic rings. The molecule has 0 aliphatic carbocycles. The number of carbonyl (C=O) groups is 1. The van der Waals surface area contributed by atoms with Crippen molar-refractivity contribution in [2.75, 3.05) is 31.6 Å². The fourth-order valence-electron chi connectivity index (χ4n) is 2.90. The molecular weight excluding hydrogens is 244 g/mol. The van der Waals surface area contributed by atoms with Gasteiger partial charge in [-0.1, -0.05) is 0 Å². The van der Waals surface area contributed by atoms with E-state index in [9.17, 15) is 9.90 Å². The van der Waals surface area contributed by atoms with Gasteiger partial charge in [0.25, 0.3) is 0 Å². The Balaban J connectivity index is 1.74. The maximum atomic E-state index is 12.2. The van der Waals surface area contributed by atoms with Gasteiger partial charge in [0.2, 0.25) is 0 Å². The average molecular weight is 262 g/mol. The number of aromatic hydroxyl groups is 1. The van der Waals surface area contributed by atoms with Crippen LogP contribution in [-0.2, 0) is 4.74 Å². The maximum absolute atomic E-state index is 12.2. The fraction of sp³-hybridized carbons (Fsp3) is 0.500. The number of hydrogen-bond donors (Lipinski definition) is 1. The molecule has 1 N–H and O–H groups in total. The molecule has 3 rings (SSSR count). The number of likely N-dealkylation sites (tertiary alicyclic amines) is 1. The molecule has 0 bridgehead atoms. The Bertz CT molecular complexity index is 488. The van der Waals surface area contributed by atoms with Crippen LogP contribution in [0.2, 0.25) is 0 Å². The third-order valence-corrected chi connectivity index (χ3v) is 3.98. The van der Waals surface area contributed by atoms with Crippen LogP contribution in [0.3, 0.4) is 0 Å². The van der Waals surface area contributed by atoms with Gasteiger partial charge in [0.05, 0.1) is 0 Å². The van der Waals surface area contributed by atoms with Gasteiger partial charge < -0.3 is 14.7 Å². The van der Waals surface area contributed by atoms with E-state index >= 15 is 0 Å². The Labute approximate surface area is 112 Å². The van der Waals surface area contributed by atoms with Crippen molar-refractivity contribution in [3.63, 3.8) is 0 Å². The average Bonchev–Trinajstić information content (AvgIpc) is 2.72. The SMILES string of the molecule is CN1CCC2(CCN(c3ccc(O)cc3)C(=O)O2)C1. The first kappa shape index (κ1) is 12.3. The smallest absolute Gasteiger partial charge is 0.414 e. The van der Waals surface area contributed by atoms with E-state index in [1.165, 1.54) is 0 Å². The molecule has 2 fully saturated rings. The van der Waals surface area contributed by atoms with Crippen LogP contribution in [-0.4, -0.2) is 48.4 Å². The summed E-state index contributed by atoms with van der Waals surface area (Å²) in [5, 5.41) is 9.28. The number of hydrogen-bond acceptors (Lipinski definition) is 4. The molecule has 2 heterocycles. The Morgan fingerprint density at radius 2 is 1.89 bits per heavy atom. The minimum absolute atomic E-state index is 0.197. The lowest BCUT2D eigenvalue weighted by atomic mass is 9.96. The molecule has 5 heteroatoms. The van der Waals surface area contributed by atoms with Crippen LogP contribution < -0.4 is 4.90 Å². The third kappa shape index (κ3) is 2.26. The van der Waals surface area contributed by atoms with E-state index in [1.807, 2.05) is 0 Å². The first-order valence-electron chi connectivity index (χ1n) is 6.56. The number of phenolic OH excluding ortho intramolecular Hbond substituents is 1. The summed E-state index contributed by atoms with van der Waals surface area (Å²) < 4.78 is 5.69. The summed E-state index contributed by atoms with van der Waals surface area (Å²) in [6.07, 6.45) is 1.48. The number of amides is 1. The number of ether oxygens (including phenoxy) is 1. The normalized spacial score (nSPS) is 27.8. The quantitative estimate of drug-likeness (QED) is 0.838. The maximum Gasteiger partial charge on any atom is 0.414 e. The van der Waals surface area contributed by atoms with Crippen LogP contribution in [0.4, 0.5) is 10.5 Å². The predicted octanol–water partition coefficient (Wildman–Crippen LogP) is 1.81. The van der Waals surface area contributed by atoms with Crippen molar-refractivity contribution in [2.45, 2.75) is 18.4 Å². The van der Waals surface area contributed by atoms with Gasteiger partial charge >= 0.3 is 6.09 Å². The van der Waals surface area contributed by atoms with Crippen LogP contribution in [0.5, 0.6) is 5.75 Å². The molecule has 102 valence electrons. The molecule has 0 saturated carbocycles. The molecule has 2 aliphatic heterocycles. The Kier molecular flexibility index (Phi) is 2.86. The second-order valence-corrected chi connectivity index (χ2v) is 5.46. The van der Waals surface area contributed by atoms with E-state index < -0.39 is 0 Å². The van der Waals surface area contributed by atoms with Crippen LogP contribution in [0.25, 0.3) is 0 Å². The van der Waals surface area contributed by atoms with E-state index in [-0.39, 0.29) is 17.4 Å². The summed E-state index contributed by atoms with van der Waals surface area (Å²) >= 11 is 0. The zero-order valence-electron chi connectivity index (χ0n) is 11.0. The van der Waals surface area contributed by atoms with Gasteiger partial charge in [-0.2, -0.15) is 0 Å². The summed E-state index contributed by atoms with van der Waals surface area (Å²) in [6, 6.07) is 6.62. The largest absolute Gasteiger partial charge is 0.508 e. The highest BCUT2D eigenvalue weighted by Crippen LogP contribution is 2.34. The highest BCUT2D eigenvalue weighted by molar-refractivity contribution is 5.88. The molecule has 0 radical (unpaired) electrons. The van der Waals surface area contributed by atoms with Crippen LogP contribution in [0.1, 0.15) is 12.8 Å². The third-order valence-electron chi connectivity index (χ3n) is 3.98. The number of anilines is 1. The van der Waals surface area contributed by atoms with Gasteiger partial charge in [0.15, 0.2) is 0 Å². The Morgan fingerprint density at radius 1 is 1.21 bits per heavy atom. The standard InChI is InChI=1S/C14H18N2O3/c1-15-8-6-14(10-15)7-9-16(13(18)19-14)11-2-4-12(17)5-3-11/h2-5,17H,6-10H2,1H3. The number of nitrogens with zero attached hydrogens (tertiary/aromatic N) is 2. The van der Waals surface area contributed by atoms with Crippen molar-refractivity contribution in [2.24, 2.45) is 0 Å². The molecule has 1 amide bonds. The Morgan fingerprint density at radius 3 is 2.47 bits per heavy atom. The van der Waals surface area contributed by atoms with Crippen LogP contribution in [0.15, 0.2) is 24.3 Å². The van der Waals surface area contributed by atoms with Gasteiger partial charge in [-0.15, -0.1) is 0 Å². The number of benzene rings is 1. The minimum atomic E-state index is -0.292. The monoisotopic (exact) mass is 262 g/mol. The van der Waals surface area contributed by atoms with Crippen molar-refractivity contribution >= 4 is 11.8 Å². The summed E-state index contributed by atoms with van der Waals surface area (Å²) in [7, 11) is 2.05. The fourth-order valence-corrected chi connectivity index (χ4v) is 2.90. The molecule has 1 spiro atoms. The molecule has 2 aliphatic rings. The lowest BCUT2D eigenvalue weighted by molar-refractivity contribution is 0.00434. The summed E-state index contributed by atoms with van der Waals surface area (Å²) in [5.74, 6) is 0.197. The van der Waals surface area contributed by atoms with Crippen LogP contribution in [0, 0.1) is 0 Å². The molecule has 2 saturated heterocycles. The summed E-state index contributed by atoms with van der Waals surface area (Å²) in [5.41, 5.74) is 0.475. The van der Waals surface area contributed by atoms with E-state index in [0.717, 1.165) is 31.6 Å². The zero-order valence-corrected chi connectivity index (χ0v) is 11.0. The Hall–Kier alpha value is -1.75. The number of phenols is 1. The molecule has 5 nitrogen and oxygen atoms in total. The van der Waals surface area contributed by atoms with Gasteiger partial charge in [-0.25, -0.2) is 4.79 Å². The highest BCUT2D eigenvalue weighted by atomic mass is 16.6. The zero-order chi connectivity index (χ0) is 13.5. The lowest BCUT2D eigenvalue weighted by Gasteiger charge is -2.38. The van der Waals surface area contributed by atoms with Crippen molar-refractivity contribution in [1.29, 1.82) is 0 Å². The summed E-state index contributed by atoms with van der Waals surface area (Å²) in [6.45, 7) is 2.46. The first-order chi connectivity index (χ1) is 9.08. The van der Waals surface area contributed by atoms with Gasteiger partial charge in [0.1, 0.15) is 11.4 Å². The van der Waals surface area contributed by atoms with E-state index in [1.54, 1.807) is 29.2 Å². The molecule has 1 unspecified atom stereocenters. The number of rotatable bonds is 1. The predicted molar refractivity (Wildman–Crippen MR) is 71.4 cm³/mol. The number of likely N-dealkylation sites (N-methyl/N-ethyl adjacent to an activating group) is 1. The van der Waals surface area contributed by atoms with Crippen molar-refractivity contribution in [1.82, 2.24) is 4.90 Å². The second kappa shape index (κ2) is 4.42.